The van der Waals surface area contributed by atoms with Crippen LogP contribution in [-0.4, -0.2) is 30.2 Å². The second kappa shape index (κ2) is 8.45. The molecule has 0 rings (SSSR count). The predicted octanol–water partition coefficient (Wildman–Crippen LogP) is 1.06. The van der Waals surface area contributed by atoms with Crippen molar-refractivity contribution < 1.29 is 14.7 Å². The summed E-state index contributed by atoms with van der Waals surface area (Å²) in [7, 11) is 0. The number of carboxylic acid groups (broad SMARTS) is 1. The number of carbonyl (C=O) groups is 2. The van der Waals surface area contributed by atoms with Gasteiger partial charge in [-0.3, -0.25) is 4.79 Å². The number of carbonyl (C=O) groups excluding carboxylic acids is 1. The van der Waals surface area contributed by atoms with Gasteiger partial charge in [-0.05, 0) is 12.3 Å². The van der Waals surface area contributed by atoms with Crippen molar-refractivity contribution in [1.29, 1.82) is 0 Å². The molecule has 0 bridgehead atoms. The highest BCUT2D eigenvalue weighted by atomic mass is 16.4. The van der Waals surface area contributed by atoms with Crippen LogP contribution in [0.5, 0.6) is 0 Å². The lowest BCUT2D eigenvalue weighted by Gasteiger charge is -2.15. The number of aliphatic carboxylic acids is 1. The van der Waals surface area contributed by atoms with Gasteiger partial charge < -0.3 is 15.7 Å². The number of carboxylic acids is 1. The first-order valence-electron chi connectivity index (χ1n) is 5.65. The molecule has 1 unspecified atom stereocenters. The lowest BCUT2D eigenvalue weighted by Crippen LogP contribution is -2.40. The fraction of sp³-hybridized carbons (Fsp3) is 0.667. The molecule has 0 aromatic heterocycles. The van der Waals surface area contributed by atoms with Crippen molar-refractivity contribution in [3.8, 4) is 12.3 Å². The zero-order chi connectivity index (χ0) is 13.3. The number of terminal acetylenes is 1. The minimum Gasteiger partial charge on any atom is -0.481 e. The Hall–Kier alpha value is -1.70. The first kappa shape index (κ1) is 15.3. The summed E-state index contributed by atoms with van der Waals surface area (Å²) in [5.74, 6) is 1.24. The van der Waals surface area contributed by atoms with Gasteiger partial charge in [0.2, 0.25) is 0 Å². The Morgan fingerprint density at radius 1 is 1.35 bits per heavy atom. The van der Waals surface area contributed by atoms with E-state index in [4.69, 9.17) is 11.5 Å². The van der Waals surface area contributed by atoms with E-state index in [1.54, 1.807) is 0 Å². The molecule has 2 amide bonds. The monoisotopic (exact) mass is 240 g/mol. The summed E-state index contributed by atoms with van der Waals surface area (Å²) in [6.45, 7) is 4.42. The average molecular weight is 240 g/mol. The van der Waals surface area contributed by atoms with Crippen LogP contribution >= 0.6 is 0 Å². The molecule has 0 heterocycles. The molecule has 0 saturated carbocycles. The molecule has 0 saturated heterocycles. The van der Waals surface area contributed by atoms with Gasteiger partial charge in [-0.15, -0.1) is 12.3 Å². The molecule has 1 atom stereocenters. The molecule has 0 aromatic rings. The SMILES string of the molecule is C#CCCNC(=O)NCC(CC(C)C)C(=O)O. The fourth-order valence-electron chi connectivity index (χ4n) is 1.37. The predicted molar refractivity (Wildman–Crippen MR) is 65.4 cm³/mol. The molecule has 0 aliphatic heterocycles. The van der Waals surface area contributed by atoms with Crippen molar-refractivity contribution in [2.24, 2.45) is 11.8 Å². The third-order valence-electron chi connectivity index (χ3n) is 2.17. The highest BCUT2D eigenvalue weighted by Gasteiger charge is 2.19. The van der Waals surface area contributed by atoms with Crippen LogP contribution in [0.15, 0.2) is 0 Å². The molecule has 5 nitrogen and oxygen atoms in total. The molecule has 0 radical (unpaired) electrons. The maximum absolute atomic E-state index is 11.2. The highest BCUT2D eigenvalue weighted by molar-refractivity contribution is 5.75. The van der Waals surface area contributed by atoms with E-state index in [9.17, 15) is 9.59 Å². The Morgan fingerprint density at radius 2 is 2.00 bits per heavy atom. The smallest absolute Gasteiger partial charge is 0.314 e. The van der Waals surface area contributed by atoms with Gasteiger partial charge in [0.15, 0.2) is 0 Å². The first-order chi connectivity index (χ1) is 7.97. The molecule has 0 aromatic carbocycles. The van der Waals surface area contributed by atoms with Crippen molar-refractivity contribution in [3.63, 3.8) is 0 Å². The van der Waals surface area contributed by atoms with E-state index in [-0.39, 0.29) is 18.5 Å². The summed E-state index contributed by atoms with van der Waals surface area (Å²) < 4.78 is 0. The quantitative estimate of drug-likeness (QED) is 0.460. The average Bonchev–Trinajstić information content (AvgIpc) is 2.23. The number of hydrogen-bond donors (Lipinski definition) is 3. The number of urea groups is 1. The third-order valence-corrected chi connectivity index (χ3v) is 2.17. The van der Waals surface area contributed by atoms with Crippen LogP contribution in [0.25, 0.3) is 0 Å². The van der Waals surface area contributed by atoms with E-state index in [2.05, 4.69) is 16.6 Å². The normalized spacial score (nSPS) is 11.6. The summed E-state index contributed by atoms with van der Waals surface area (Å²) in [6.07, 6.45) is 6.03. The molecule has 0 aliphatic carbocycles. The molecule has 5 heteroatoms. The molecular weight excluding hydrogens is 220 g/mol. The number of amides is 2. The van der Waals surface area contributed by atoms with Crippen LogP contribution in [0.1, 0.15) is 26.7 Å². The van der Waals surface area contributed by atoms with Crippen LogP contribution in [0.3, 0.4) is 0 Å². The summed E-state index contributed by atoms with van der Waals surface area (Å²) >= 11 is 0. The maximum atomic E-state index is 11.2. The van der Waals surface area contributed by atoms with Crippen LogP contribution in [0.2, 0.25) is 0 Å². The van der Waals surface area contributed by atoms with Gasteiger partial charge in [0.05, 0.1) is 5.92 Å². The van der Waals surface area contributed by atoms with Crippen LogP contribution in [-0.2, 0) is 4.79 Å². The van der Waals surface area contributed by atoms with E-state index in [0.29, 0.717) is 19.4 Å². The third kappa shape index (κ3) is 8.14. The molecule has 0 aliphatic rings. The second-order valence-corrected chi connectivity index (χ2v) is 4.26. The lowest BCUT2D eigenvalue weighted by atomic mass is 9.97. The van der Waals surface area contributed by atoms with E-state index in [0.717, 1.165) is 0 Å². The summed E-state index contributed by atoms with van der Waals surface area (Å²) in [5, 5.41) is 14.0. The highest BCUT2D eigenvalue weighted by Crippen LogP contribution is 2.10. The topological polar surface area (TPSA) is 78.4 Å². The molecule has 96 valence electrons. The number of rotatable bonds is 7. The van der Waals surface area contributed by atoms with Gasteiger partial charge in [0.1, 0.15) is 0 Å². The van der Waals surface area contributed by atoms with E-state index in [1.165, 1.54) is 0 Å². The minimum absolute atomic E-state index is 0.134. The molecule has 17 heavy (non-hydrogen) atoms. The zero-order valence-corrected chi connectivity index (χ0v) is 10.3. The maximum Gasteiger partial charge on any atom is 0.314 e. The zero-order valence-electron chi connectivity index (χ0n) is 10.3. The molecular formula is C12H20N2O3. The molecule has 3 N–H and O–H groups in total. The Bertz CT molecular complexity index is 295. The largest absolute Gasteiger partial charge is 0.481 e. The fourth-order valence-corrected chi connectivity index (χ4v) is 1.37. The van der Waals surface area contributed by atoms with Gasteiger partial charge in [0, 0.05) is 19.5 Å². The Labute approximate surface area is 102 Å². The number of nitrogens with one attached hydrogen (secondary N) is 2. The standard InChI is InChI=1S/C12H20N2O3/c1-4-5-6-13-12(17)14-8-10(11(15)16)7-9(2)3/h1,9-10H,5-8H2,2-3H3,(H,15,16)(H2,13,14,17). The number of hydrogen-bond acceptors (Lipinski definition) is 2. The van der Waals surface area contributed by atoms with Gasteiger partial charge in [-0.2, -0.15) is 0 Å². The van der Waals surface area contributed by atoms with Crippen molar-refractivity contribution in [2.45, 2.75) is 26.7 Å². The Balaban J connectivity index is 3.92. The van der Waals surface area contributed by atoms with Crippen LogP contribution < -0.4 is 10.6 Å². The van der Waals surface area contributed by atoms with Gasteiger partial charge >= 0.3 is 12.0 Å². The Morgan fingerprint density at radius 3 is 2.47 bits per heavy atom. The Kier molecular flexibility index (Phi) is 7.61. The van der Waals surface area contributed by atoms with Gasteiger partial charge in [-0.25, -0.2) is 4.79 Å². The van der Waals surface area contributed by atoms with Crippen molar-refractivity contribution in [3.05, 3.63) is 0 Å². The molecule has 0 fully saturated rings. The lowest BCUT2D eigenvalue weighted by molar-refractivity contribution is -0.142. The second-order valence-electron chi connectivity index (χ2n) is 4.26. The van der Waals surface area contributed by atoms with Crippen molar-refractivity contribution >= 4 is 12.0 Å². The van der Waals surface area contributed by atoms with Crippen molar-refractivity contribution in [2.75, 3.05) is 13.1 Å². The van der Waals surface area contributed by atoms with Gasteiger partial charge in [-0.1, -0.05) is 13.8 Å². The van der Waals surface area contributed by atoms with Crippen LogP contribution in [0, 0.1) is 24.2 Å². The minimum atomic E-state index is -0.886. The van der Waals surface area contributed by atoms with E-state index >= 15 is 0 Å². The summed E-state index contributed by atoms with van der Waals surface area (Å²) in [4.78, 5) is 22.2. The van der Waals surface area contributed by atoms with Crippen molar-refractivity contribution in [1.82, 2.24) is 10.6 Å². The molecule has 0 spiro atoms. The summed E-state index contributed by atoms with van der Waals surface area (Å²) in [6, 6.07) is -0.379. The van der Waals surface area contributed by atoms with Crippen LogP contribution in [0.4, 0.5) is 4.79 Å². The van der Waals surface area contributed by atoms with Gasteiger partial charge in [0.25, 0.3) is 0 Å². The first-order valence-corrected chi connectivity index (χ1v) is 5.65. The van der Waals surface area contributed by atoms with E-state index in [1.807, 2.05) is 13.8 Å². The summed E-state index contributed by atoms with van der Waals surface area (Å²) in [5.41, 5.74) is 0. The van der Waals surface area contributed by atoms with E-state index < -0.39 is 11.9 Å².